The summed E-state index contributed by atoms with van der Waals surface area (Å²) < 4.78 is 14.0. The van der Waals surface area contributed by atoms with Crippen LogP contribution in [0.5, 0.6) is 0 Å². The number of nitrogens with zero attached hydrogens (tertiary/aromatic N) is 1. The van der Waals surface area contributed by atoms with Crippen molar-refractivity contribution in [3.8, 4) is 0 Å². The lowest BCUT2D eigenvalue weighted by atomic mass is 10.2. The van der Waals surface area contributed by atoms with E-state index in [1.54, 1.807) is 23.5 Å². The molecule has 1 heterocycles. The van der Waals surface area contributed by atoms with E-state index in [9.17, 15) is 4.39 Å². The van der Waals surface area contributed by atoms with Crippen LogP contribution in [0.3, 0.4) is 0 Å². The Balaban J connectivity index is 1.93. The fourth-order valence-electron chi connectivity index (χ4n) is 1.72. The van der Waals surface area contributed by atoms with Crippen LogP contribution in [0, 0.1) is 5.82 Å². The third-order valence-corrected chi connectivity index (χ3v) is 4.36. The fourth-order valence-corrected chi connectivity index (χ4v) is 3.14. The van der Waals surface area contributed by atoms with Crippen LogP contribution < -0.4 is 10.6 Å². The molecule has 0 aliphatic heterocycles. The van der Waals surface area contributed by atoms with Gasteiger partial charge in [0.1, 0.15) is 5.82 Å². The molecule has 0 aliphatic rings. The van der Waals surface area contributed by atoms with Gasteiger partial charge in [-0.15, -0.1) is 11.3 Å². The molecule has 0 atom stereocenters. The SMILES string of the molecule is CCNC(=NCc1ccc(F)cc1)NCc1ccc(Br)s1. The van der Waals surface area contributed by atoms with E-state index in [1.165, 1.54) is 17.0 Å². The second-order valence-corrected chi connectivity index (χ2v) is 6.93. The van der Waals surface area contributed by atoms with Crippen molar-refractivity contribution in [2.75, 3.05) is 6.54 Å². The zero-order valence-electron chi connectivity index (χ0n) is 11.7. The monoisotopic (exact) mass is 369 g/mol. The van der Waals surface area contributed by atoms with Crippen LogP contribution in [-0.4, -0.2) is 12.5 Å². The molecule has 3 nitrogen and oxygen atoms in total. The second-order valence-electron chi connectivity index (χ2n) is 4.38. The molecule has 112 valence electrons. The van der Waals surface area contributed by atoms with Crippen molar-refractivity contribution in [3.05, 3.63) is 56.4 Å². The molecule has 0 unspecified atom stereocenters. The van der Waals surface area contributed by atoms with Crippen LogP contribution in [0.4, 0.5) is 4.39 Å². The van der Waals surface area contributed by atoms with E-state index in [2.05, 4.69) is 37.6 Å². The van der Waals surface area contributed by atoms with E-state index >= 15 is 0 Å². The molecular weight excluding hydrogens is 353 g/mol. The van der Waals surface area contributed by atoms with E-state index in [1.807, 2.05) is 13.0 Å². The van der Waals surface area contributed by atoms with Gasteiger partial charge >= 0.3 is 0 Å². The molecule has 1 aromatic heterocycles. The Hall–Kier alpha value is -1.40. The minimum Gasteiger partial charge on any atom is -0.357 e. The Morgan fingerprint density at radius 1 is 1.19 bits per heavy atom. The number of thiophene rings is 1. The molecule has 0 saturated heterocycles. The molecule has 0 fully saturated rings. The summed E-state index contributed by atoms with van der Waals surface area (Å²) in [6.07, 6.45) is 0. The van der Waals surface area contributed by atoms with Crippen molar-refractivity contribution in [1.29, 1.82) is 0 Å². The first-order chi connectivity index (χ1) is 10.2. The standard InChI is InChI=1S/C15H17BrFN3S/c1-2-18-15(20-10-13-7-8-14(16)21-13)19-9-11-3-5-12(17)6-4-11/h3-8H,2,9-10H2,1H3,(H2,18,19,20). The van der Waals surface area contributed by atoms with Crippen molar-refractivity contribution >= 4 is 33.2 Å². The summed E-state index contributed by atoms with van der Waals surface area (Å²) >= 11 is 5.14. The molecule has 0 amide bonds. The molecule has 2 rings (SSSR count). The Kier molecular flexibility index (Phi) is 6.20. The zero-order chi connectivity index (χ0) is 15.1. The summed E-state index contributed by atoms with van der Waals surface area (Å²) in [7, 11) is 0. The normalized spacial score (nSPS) is 11.5. The first kappa shape index (κ1) is 16.0. The number of hydrogen-bond acceptors (Lipinski definition) is 2. The summed E-state index contributed by atoms with van der Waals surface area (Å²) in [5.74, 6) is 0.530. The van der Waals surface area contributed by atoms with Crippen LogP contribution in [-0.2, 0) is 13.1 Å². The van der Waals surface area contributed by atoms with E-state index in [-0.39, 0.29) is 5.82 Å². The lowest BCUT2D eigenvalue weighted by Crippen LogP contribution is -2.36. The van der Waals surface area contributed by atoms with Gasteiger partial charge < -0.3 is 10.6 Å². The summed E-state index contributed by atoms with van der Waals surface area (Å²) in [5.41, 5.74) is 0.979. The molecule has 0 aliphatic carbocycles. The van der Waals surface area contributed by atoms with Crippen LogP contribution in [0.25, 0.3) is 0 Å². The lowest BCUT2D eigenvalue weighted by Gasteiger charge is -2.10. The number of benzene rings is 1. The Morgan fingerprint density at radius 3 is 2.57 bits per heavy atom. The van der Waals surface area contributed by atoms with Crippen molar-refractivity contribution < 1.29 is 4.39 Å². The maximum Gasteiger partial charge on any atom is 0.191 e. The fraction of sp³-hybridized carbons (Fsp3) is 0.267. The molecule has 0 radical (unpaired) electrons. The molecule has 0 saturated carbocycles. The topological polar surface area (TPSA) is 36.4 Å². The molecule has 2 N–H and O–H groups in total. The Bertz CT molecular complexity index is 595. The minimum atomic E-state index is -0.226. The molecule has 0 bridgehead atoms. The van der Waals surface area contributed by atoms with Crippen molar-refractivity contribution in [2.45, 2.75) is 20.0 Å². The van der Waals surface area contributed by atoms with Gasteiger partial charge in [-0.25, -0.2) is 9.38 Å². The third kappa shape index (κ3) is 5.47. The van der Waals surface area contributed by atoms with E-state index < -0.39 is 0 Å². The summed E-state index contributed by atoms with van der Waals surface area (Å²) in [4.78, 5) is 5.73. The minimum absolute atomic E-state index is 0.226. The van der Waals surface area contributed by atoms with Crippen LogP contribution in [0.1, 0.15) is 17.4 Å². The van der Waals surface area contributed by atoms with E-state index in [0.717, 1.165) is 28.4 Å². The average molecular weight is 370 g/mol. The number of nitrogens with one attached hydrogen (secondary N) is 2. The number of halogens is 2. The molecule has 6 heteroatoms. The summed E-state index contributed by atoms with van der Waals surface area (Å²) in [6, 6.07) is 10.5. The quantitative estimate of drug-likeness (QED) is 0.619. The van der Waals surface area contributed by atoms with Crippen LogP contribution >= 0.6 is 27.3 Å². The van der Waals surface area contributed by atoms with Gasteiger partial charge in [-0.2, -0.15) is 0 Å². The summed E-state index contributed by atoms with van der Waals surface area (Å²) in [5, 5.41) is 6.49. The predicted molar refractivity (Wildman–Crippen MR) is 90.1 cm³/mol. The van der Waals surface area contributed by atoms with Gasteiger partial charge in [-0.05, 0) is 52.7 Å². The smallest absolute Gasteiger partial charge is 0.191 e. The molecule has 0 spiro atoms. The first-order valence-corrected chi connectivity index (χ1v) is 8.29. The van der Waals surface area contributed by atoms with Crippen molar-refractivity contribution in [3.63, 3.8) is 0 Å². The first-order valence-electron chi connectivity index (χ1n) is 6.68. The molecule has 2 aromatic rings. The van der Waals surface area contributed by atoms with E-state index in [4.69, 9.17) is 0 Å². The zero-order valence-corrected chi connectivity index (χ0v) is 14.1. The average Bonchev–Trinajstić information content (AvgIpc) is 2.89. The highest BCUT2D eigenvalue weighted by Gasteiger charge is 2.01. The van der Waals surface area contributed by atoms with Crippen molar-refractivity contribution in [2.24, 2.45) is 4.99 Å². The maximum atomic E-state index is 12.9. The van der Waals surface area contributed by atoms with Crippen molar-refractivity contribution in [1.82, 2.24) is 10.6 Å². The Morgan fingerprint density at radius 2 is 1.95 bits per heavy atom. The number of aliphatic imine (C=N–C) groups is 1. The highest BCUT2D eigenvalue weighted by molar-refractivity contribution is 9.11. The van der Waals surface area contributed by atoms with Gasteiger partial charge in [0.2, 0.25) is 0 Å². The Labute approximate surface area is 136 Å². The van der Waals surface area contributed by atoms with Gasteiger partial charge in [0.15, 0.2) is 5.96 Å². The van der Waals surface area contributed by atoms with Gasteiger partial charge in [-0.1, -0.05) is 12.1 Å². The molecule has 1 aromatic carbocycles. The van der Waals surface area contributed by atoms with Crippen LogP contribution in [0.2, 0.25) is 0 Å². The summed E-state index contributed by atoms with van der Waals surface area (Å²) in [6.45, 7) is 4.06. The van der Waals surface area contributed by atoms with Crippen LogP contribution in [0.15, 0.2) is 45.2 Å². The largest absolute Gasteiger partial charge is 0.357 e. The number of hydrogen-bond donors (Lipinski definition) is 2. The lowest BCUT2D eigenvalue weighted by molar-refractivity contribution is 0.627. The highest BCUT2D eigenvalue weighted by atomic mass is 79.9. The molecule has 21 heavy (non-hydrogen) atoms. The van der Waals surface area contributed by atoms with Gasteiger partial charge in [0, 0.05) is 11.4 Å². The third-order valence-electron chi connectivity index (χ3n) is 2.74. The van der Waals surface area contributed by atoms with Gasteiger partial charge in [0.05, 0.1) is 16.9 Å². The predicted octanol–water partition coefficient (Wildman–Crippen LogP) is 3.91. The maximum absolute atomic E-state index is 12.9. The van der Waals surface area contributed by atoms with Gasteiger partial charge in [0.25, 0.3) is 0 Å². The molecular formula is C15H17BrFN3S. The second kappa shape index (κ2) is 8.14. The van der Waals surface area contributed by atoms with E-state index in [0.29, 0.717) is 6.54 Å². The van der Waals surface area contributed by atoms with Gasteiger partial charge in [-0.3, -0.25) is 0 Å². The highest BCUT2D eigenvalue weighted by Crippen LogP contribution is 2.21. The number of rotatable bonds is 5. The number of guanidine groups is 1.